The Balaban J connectivity index is 1.27. The van der Waals surface area contributed by atoms with Gasteiger partial charge in [-0.1, -0.05) is 54.6 Å². The summed E-state index contributed by atoms with van der Waals surface area (Å²) in [5.74, 6) is 0.998. The third-order valence-electron chi connectivity index (χ3n) is 5.68. The predicted molar refractivity (Wildman–Crippen MR) is 121 cm³/mol. The van der Waals surface area contributed by atoms with Crippen molar-refractivity contribution in [2.24, 2.45) is 4.99 Å². The molecule has 2 aromatic rings. The topological polar surface area (TPSA) is 34.1 Å². The molecule has 0 atom stereocenters. The number of piperazine rings is 1. The molecule has 5 heteroatoms. The highest BCUT2D eigenvalue weighted by Gasteiger charge is 2.19. The second-order valence-corrected chi connectivity index (χ2v) is 7.70. The molecule has 2 aromatic carbocycles. The molecule has 0 radical (unpaired) electrons. The summed E-state index contributed by atoms with van der Waals surface area (Å²) in [5, 5.41) is 3.56. The van der Waals surface area contributed by atoms with Crippen molar-refractivity contribution < 1.29 is 0 Å². The minimum absolute atomic E-state index is 0.798. The van der Waals surface area contributed by atoms with Crippen molar-refractivity contribution in [2.45, 2.75) is 13.1 Å². The monoisotopic (exact) mass is 389 g/mol. The number of hydrogen-bond donors (Lipinski definition) is 1. The van der Waals surface area contributed by atoms with E-state index in [1.54, 1.807) is 0 Å². The zero-order valence-electron chi connectivity index (χ0n) is 17.3. The Morgan fingerprint density at radius 1 is 0.897 bits per heavy atom. The molecule has 0 aliphatic carbocycles. The molecule has 2 aliphatic rings. The average molecular weight is 390 g/mol. The summed E-state index contributed by atoms with van der Waals surface area (Å²) in [5.41, 5.74) is 3.97. The molecular formula is C24H31N5. The summed E-state index contributed by atoms with van der Waals surface area (Å²) >= 11 is 0. The molecule has 1 N–H and O–H groups in total. The summed E-state index contributed by atoms with van der Waals surface area (Å²) in [7, 11) is 1.88. The standard InChI is InChI=1S/C24H31N5/c1-25-24(26-19-22-10-7-11-23(18-22)28-12-5-6-13-28)29-16-14-27(15-17-29)20-21-8-3-2-4-9-21/h2-11,18H,12-17,19-20H2,1H3,(H,25,26). The molecule has 1 fully saturated rings. The van der Waals surface area contributed by atoms with Gasteiger partial charge in [0.1, 0.15) is 0 Å². The largest absolute Gasteiger partial charge is 0.364 e. The number of nitrogens with one attached hydrogen (secondary N) is 1. The molecule has 152 valence electrons. The summed E-state index contributed by atoms with van der Waals surface area (Å²) < 4.78 is 0. The zero-order chi connectivity index (χ0) is 19.9. The Morgan fingerprint density at radius 3 is 2.34 bits per heavy atom. The predicted octanol–water partition coefficient (Wildman–Crippen LogP) is 2.96. The quantitative estimate of drug-likeness (QED) is 0.484. The third kappa shape index (κ3) is 5.18. The van der Waals surface area contributed by atoms with E-state index in [4.69, 9.17) is 0 Å². The highest BCUT2D eigenvalue weighted by Crippen LogP contribution is 2.18. The zero-order valence-corrected chi connectivity index (χ0v) is 17.3. The van der Waals surface area contributed by atoms with E-state index < -0.39 is 0 Å². The second-order valence-electron chi connectivity index (χ2n) is 7.70. The average Bonchev–Trinajstić information content (AvgIpc) is 3.31. The molecule has 5 nitrogen and oxygen atoms in total. The molecular weight excluding hydrogens is 358 g/mol. The van der Waals surface area contributed by atoms with E-state index in [0.717, 1.165) is 58.3 Å². The van der Waals surface area contributed by atoms with Crippen LogP contribution in [0.3, 0.4) is 0 Å². The third-order valence-corrected chi connectivity index (χ3v) is 5.68. The lowest BCUT2D eigenvalue weighted by Crippen LogP contribution is -2.52. The maximum absolute atomic E-state index is 4.53. The van der Waals surface area contributed by atoms with Gasteiger partial charge in [-0.15, -0.1) is 0 Å². The number of aliphatic imine (C=N–C) groups is 1. The molecule has 0 bridgehead atoms. The molecule has 0 saturated carbocycles. The summed E-state index contributed by atoms with van der Waals surface area (Å²) in [6.07, 6.45) is 4.45. The van der Waals surface area contributed by atoms with Crippen molar-refractivity contribution in [3.8, 4) is 0 Å². The number of anilines is 1. The van der Waals surface area contributed by atoms with E-state index >= 15 is 0 Å². The maximum atomic E-state index is 4.53. The van der Waals surface area contributed by atoms with Gasteiger partial charge in [-0.25, -0.2) is 0 Å². The number of hydrogen-bond acceptors (Lipinski definition) is 3. The molecule has 29 heavy (non-hydrogen) atoms. The Hall–Kier alpha value is -2.79. The van der Waals surface area contributed by atoms with Gasteiger partial charge in [-0.3, -0.25) is 9.89 Å². The fourth-order valence-corrected chi connectivity index (χ4v) is 4.02. The number of nitrogens with zero attached hydrogens (tertiary/aromatic N) is 4. The van der Waals surface area contributed by atoms with Crippen LogP contribution < -0.4 is 10.2 Å². The second kappa shape index (κ2) is 9.61. The van der Waals surface area contributed by atoms with Crippen molar-refractivity contribution in [3.63, 3.8) is 0 Å². The first-order chi connectivity index (χ1) is 14.3. The molecule has 0 aromatic heterocycles. The van der Waals surface area contributed by atoms with Crippen LogP contribution in [0.5, 0.6) is 0 Å². The number of benzene rings is 2. The van der Waals surface area contributed by atoms with E-state index in [0.29, 0.717) is 0 Å². The van der Waals surface area contributed by atoms with Crippen molar-refractivity contribution in [1.82, 2.24) is 15.1 Å². The van der Waals surface area contributed by atoms with Crippen LogP contribution in [-0.4, -0.2) is 62.1 Å². The van der Waals surface area contributed by atoms with Crippen LogP contribution in [0.4, 0.5) is 5.69 Å². The van der Waals surface area contributed by atoms with Crippen LogP contribution in [-0.2, 0) is 13.1 Å². The Morgan fingerprint density at radius 2 is 1.62 bits per heavy atom. The van der Waals surface area contributed by atoms with Crippen LogP contribution in [0.15, 0.2) is 71.7 Å². The lowest BCUT2D eigenvalue weighted by Gasteiger charge is -2.36. The van der Waals surface area contributed by atoms with Crippen LogP contribution in [0.2, 0.25) is 0 Å². The highest BCUT2D eigenvalue weighted by molar-refractivity contribution is 5.80. The van der Waals surface area contributed by atoms with E-state index in [2.05, 4.69) is 91.8 Å². The van der Waals surface area contributed by atoms with Gasteiger partial charge in [-0.2, -0.15) is 0 Å². The molecule has 4 rings (SSSR count). The van der Waals surface area contributed by atoms with Crippen molar-refractivity contribution in [3.05, 3.63) is 77.9 Å². The van der Waals surface area contributed by atoms with Crippen molar-refractivity contribution >= 4 is 11.6 Å². The van der Waals surface area contributed by atoms with Crippen molar-refractivity contribution in [1.29, 1.82) is 0 Å². The van der Waals surface area contributed by atoms with Gasteiger partial charge in [0, 0.05) is 65.1 Å². The molecule has 1 saturated heterocycles. The van der Waals surface area contributed by atoms with Crippen LogP contribution >= 0.6 is 0 Å². The summed E-state index contributed by atoms with van der Waals surface area (Å²) in [4.78, 5) is 11.8. The molecule has 0 amide bonds. The van der Waals surface area contributed by atoms with Gasteiger partial charge in [-0.05, 0) is 23.3 Å². The van der Waals surface area contributed by atoms with Gasteiger partial charge in [0.2, 0.25) is 0 Å². The lowest BCUT2D eigenvalue weighted by atomic mass is 10.2. The van der Waals surface area contributed by atoms with Gasteiger partial charge in [0.15, 0.2) is 5.96 Å². The molecule has 2 heterocycles. The minimum Gasteiger partial charge on any atom is -0.364 e. The highest BCUT2D eigenvalue weighted by atomic mass is 15.3. The van der Waals surface area contributed by atoms with Crippen LogP contribution in [0.25, 0.3) is 0 Å². The lowest BCUT2D eigenvalue weighted by molar-refractivity contribution is 0.172. The first kappa shape index (κ1) is 19.5. The van der Waals surface area contributed by atoms with E-state index in [1.807, 2.05) is 7.05 Å². The fraction of sp³-hybridized carbons (Fsp3) is 0.375. The molecule has 0 unspecified atom stereocenters. The maximum Gasteiger partial charge on any atom is 0.194 e. The number of guanidine groups is 1. The molecule has 0 spiro atoms. The van der Waals surface area contributed by atoms with E-state index in [1.165, 1.54) is 16.8 Å². The van der Waals surface area contributed by atoms with E-state index in [-0.39, 0.29) is 0 Å². The first-order valence-electron chi connectivity index (χ1n) is 10.5. The van der Waals surface area contributed by atoms with Crippen molar-refractivity contribution in [2.75, 3.05) is 51.2 Å². The SMILES string of the molecule is CN=C(NCc1cccc(N2CC=CC2)c1)N1CCN(Cc2ccccc2)CC1. The fourth-order valence-electron chi connectivity index (χ4n) is 4.02. The van der Waals surface area contributed by atoms with Gasteiger partial charge < -0.3 is 15.1 Å². The van der Waals surface area contributed by atoms with Gasteiger partial charge in [0.05, 0.1) is 0 Å². The Labute approximate surface area is 174 Å². The minimum atomic E-state index is 0.798. The normalized spacial score (nSPS) is 17.8. The van der Waals surface area contributed by atoms with Crippen LogP contribution in [0.1, 0.15) is 11.1 Å². The number of rotatable bonds is 5. The summed E-state index contributed by atoms with van der Waals surface area (Å²) in [6.45, 7) is 7.97. The Kier molecular flexibility index (Phi) is 6.47. The summed E-state index contributed by atoms with van der Waals surface area (Å²) in [6, 6.07) is 19.5. The van der Waals surface area contributed by atoms with E-state index in [9.17, 15) is 0 Å². The van der Waals surface area contributed by atoms with Crippen LogP contribution in [0, 0.1) is 0 Å². The Bertz CT molecular complexity index is 829. The van der Waals surface area contributed by atoms with Gasteiger partial charge >= 0.3 is 0 Å². The molecule has 2 aliphatic heterocycles. The smallest absolute Gasteiger partial charge is 0.194 e. The van der Waals surface area contributed by atoms with Gasteiger partial charge in [0.25, 0.3) is 0 Å². The first-order valence-corrected chi connectivity index (χ1v) is 10.5.